The van der Waals surface area contributed by atoms with E-state index < -0.39 is 5.91 Å². The first-order valence-electron chi connectivity index (χ1n) is 7.02. The number of rotatable bonds is 5. The molecule has 1 saturated heterocycles. The van der Waals surface area contributed by atoms with Crippen LogP contribution >= 0.6 is 11.6 Å². The molecule has 0 saturated carbocycles. The molecule has 1 aromatic carbocycles. The summed E-state index contributed by atoms with van der Waals surface area (Å²) in [5.74, 6) is -0.481. The number of likely N-dealkylation sites (N-methyl/N-ethyl adjacent to an activating group) is 1. The second kappa shape index (κ2) is 6.75. The molecular weight excluding hydrogens is 290 g/mol. The Morgan fingerprint density at radius 1 is 1.52 bits per heavy atom. The van der Waals surface area contributed by atoms with Gasteiger partial charge < -0.3 is 15.7 Å². The molecular formula is C15H22ClN3O2. The zero-order valence-corrected chi connectivity index (χ0v) is 13.2. The van der Waals surface area contributed by atoms with E-state index in [4.69, 9.17) is 17.3 Å². The molecule has 116 valence electrons. The highest BCUT2D eigenvalue weighted by atomic mass is 35.5. The van der Waals surface area contributed by atoms with Crippen LogP contribution in [0.5, 0.6) is 0 Å². The highest BCUT2D eigenvalue weighted by Gasteiger charge is 2.31. The van der Waals surface area contributed by atoms with Gasteiger partial charge in [0.1, 0.15) is 0 Å². The Hall–Kier alpha value is -1.14. The maximum atomic E-state index is 11.1. The van der Waals surface area contributed by atoms with Gasteiger partial charge >= 0.3 is 0 Å². The van der Waals surface area contributed by atoms with Crippen LogP contribution in [0.2, 0.25) is 5.02 Å². The first kappa shape index (κ1) is 16.2. The SMILES string of the molecule is CN(C)CC1CC(O)CN1Cc1ccc(C(N)=O)cc1Cl. The lowest BCUT2D eigenvalue weighted by molar-refractivity contribution is 0.1000. The van der Waals surface area contributed by atoms with Crippen LogP contribution in [0.3, 0.4) is 0 Å². The Labute approximate surface area is 130 Å². The molecule has 3 N–H and O–H groups in total. The molecule has 5 nitrogen and oxygen atoms in total. The molecule has 1 amide bonds. The lowest BCUT2D eigenvalue weighted by atomic mass is 10.1. The number of aliphatic hydroxyl groups excluding tert-OH is 1. The lowest BCUT2D eigenvalue weighted by Crippen LogP contribution is -2.37. The van der Waals surface area contributed by atoms with Crippen molar-refractivity contribution in [2.75, 3.05) is 27.2 Å². The van der Waals surface area contributed by atoms with Gasteiger partial charge in [0.2, 0.25) is 5.91 Å². The summed E-state index contributed by atoms with van der Waals surface area (Å²) in [4.78, 5) is 15.5. The number of β-amino-alcohol motifs (C(OH)–C–C–N with tert-alkyl or cyclic N) is 1. The number of hydrogen-bond donors (Lipinski definition) is 2. The van der Waals surface area contributed by atoms with Gasteiger partial charge in [-0.25, -0.2) is 0 Å². The van der Waals surface area contributed by atoms with Gasteiger partial charge in [-0.05, 0) is 38.2 Å². The van der Waals surface area contributed by atoms with Crippen molar-refractivity contribution >= 4 is 17.5 Å². The topological polar surface area (TPSA) is 69.8 Å². The molecule has 2 unspecified atom stereocenters. The van der Waals surface area contributed by atoms with Crippen LogP contribution in [0.4, 0.5) is 0 Å². The summed E-state index contributed by atoms with van der Waals surface area (Å²) in [5.41, 5.74) is 6.60. The first-order chi connectivity index (χ1) is 9.86. The van der Waals surface area contributed by atoms with E-state index in [9.17, 15) is 9.90 Å². The van der Waals surface area contributed by atoms with E-state index in [1.807, 2.05) is 20.2 Å². The van der Waals surface area contributed by atoms with Crippen LogP contribution in [0, 0.1) is 0 Å². The van der Waals surface area contributed by atoms with Crippen LogP contribution in [-0.2, 0) is 6.54 Å². The predicted molar refractivity (Wildman–Crippen MR) is 83.3 cm³/mol. The molecule has 0 radical (unpaired) electrons. The molecule has 0 aromatic heterocycles. The number of amides is 1. The van der Waals surface area contributed by atoms with Gasteiger partial charge in [-0.3, -0.25) is 9.69 Å². The summed E-state index contributed by atoms with van der Waals surface area (Å²) < 4.78 is 0. The average Bonchev–Trinajstić information content (AvgIpc) is 2.70. The Bertz CT molecular complexity index is 522. The number of hydrogen-bond acceptors (Lipinski definition) is 4. The Kier molecular flexibility index (Phi) is 5.22. The molecule has 2 rings (SSSR count). The third-order valence-corrected chi connectivity index (χ3v) is 4.14. The smallest absolute Gasteiger partial charge is 0.248 e. The third-order valence-electron chi connectivity index (χ3n) is 3.79. The third kappa shape index (κ3) is 4.17. The molecule has 0 bridgehead atoms. The minimum Gasteiger partial charge on any atom is -0.392 e. The molecule has 0 aliphatic carbocycles. The van der Waals surface area contributed by atoms with Crippen molar-refractivity contribution in [2.45, 2.75) is 25.1 Å². The summed E-state index contributed by atoms with van der Waals surface area (Å²) in [6, 6.07) is 5.44. The molecule has 6 heteroatoms. The minimum atomic E-state index is -0.481. The van der Waals surface area contributed by atoms with Crippen LogP contribution in [0.25, 0.3) is 0 Å². The molecule has 21 heavy (non-hydrogen) atoms. The largest absolute Gasteiger partial charge is 0.392 e. The van der Waals surface area contributed by atoms with Gasteiger partial charge in [-0.1, -0.05) is 17.7 Å². The minimum absolute atomic E-state index is 0.293. The number of halogens is 1. The van der Waals surface area contributed by atoms with Crippen LogP contribution in [0.1, 0.15) is 22.3 Å². The van der Waals surface area contributed by atoms with Crippen LogP contribution in [0.15, 0.2) is 18.2 Å². The van der Waals surface area contributed by atoms with Gasteiger partial charge in [0.05, 0.1) is 6.10 Å². The fourth-order valence-corrected chi connectivity index (χ4v) is 3.05. The van der Waals surface area contributed by atoms with Crippen molar-refractivity contribution < 1.29 is 9.90 Å². The standard InChI is InChI=1S/C15H22ClN3O2/c1-18(2)8-12-6-13(20)9-19(12)7-11-4-3-10(15(17)21)5-14(11)16/h3-5,12-13,20H,6-9H2,1-2H3,(H2,17,21). The van der Waals surface area contributed by atoms with E-state index in [0.29, 0.717) is 29.7 Å². The molecule has 1 heterocycles. The van der Waals surface area contributed by atoms with Crippen LogP contribution in [-0.4, -0.2) is 60.1 Å². The van der Waals surface area contributed by atoms with Crippen molar-refractivity contribution in [3.8, 4) is 0 Å². The van der Waals surface area contributed by atoms with Crippen molar-refractivity contribution in [2.24, 2.45) is 5.73 Å². The monoisotopic (exact) mass is 311 g/mol. The highest BCUT2D eigenvalue weighted by molar-refractivity contribution is 6.31. The maximum absolute atomic E-state index is 11.1. The molecule has 1 aromatic rings. The second-order valence-electron chi connectivity index (χ2n) is 5.91. The number of benzene rings is 1. The zero-order chi connectivity index (χ0) is 15.6. The van der Waals surface area contributed by atoms with E-state index in [2.05, 4.69) is 9.80 Å². The molecule has 2 atom stereocenters. The average molecular weight is 312 g/mol. The number of primary amides is 1. The van der Waals surface area contributed by atoms with Gasteiger partial charge in [0, 0.05) is 36.3 Å². The number of likely N-dealkylation sites (tertiary alicyclic amines) is 1. The molecule has 0 spiro atoms. The lowest BCUT2D eigenvalue weighted by Gasteiger charge is -2.27. The fraction of sp³-hybridized carbons (Fsp3) is 0.533. The second-order valence-corrected chi connectivity index (χ2v) is 6.31. The Morgan fingerprint density at radius 2 is 2.24 bits per heavy atom. The van der Waals surface area contributed by atoms with Gasteiger partial charge in [0.25, 0.3) is 0 Å². The van der Waals surface area contributed by atoms with Gasteiger partial charge in [-0.15, -0.1) is 0 Å². The Balaban J connectivity index is 2.11. The molecule has 1 fully saturated rings. The summed E-state index contributed by atoms with van der Waals surface area (Å²) in [6.07, 6.45) is 0.480. The van der Waals surface area contributed by atoms with E-state index in [-0.39, 0.29) is 6.10 Å². The summed E-state index contributed by atoms with van der Waals surface area (Å²) in [7, 11) is 4.05. The number of carbonyl (C=O) groups excluding carboxylic acids is 1. The maximum Gasteiger partial charge on any atom is 0.248 e. The molecule has 1 aliphatic rings. The summed E-state index contributed by atoms with van der Waals surface area (Å²) in [5, 5.41) is 10.4. The highest BCUT2D eigenvalue weighted by Crippen LogP contribution is 2.25. The van der Waals surface area contributed by atoms with Crippen LogP contribution < -0.4 is 5.73 Å². The Morgan fingerprint density at radius 3 is 2.81 bits per heavy atom. The zero-order valence-electron chi connectivity index (χ0n) is 12.4. The number of nitrogens with zero attached hydrogens (tertiary/aromatic N) is 2. The quantitative estimate of drug-likeness (QED) is 0.849. The summed E-state index contributed by atoms with van der Waals surface area (Å²) >= 11 is 6.23. The van der Waals surface area contributed by atoms with Gasteiger partial charge in [0.15, 0.2) is 0 Å². The fourth-order valence-electron chi connectivity index (χ4n) is 2.81. The number of aliphatic hydroxyl groups is 1. The number of carbonyl (C=O) groups is 1. The van der Waals surface area contributed by atoms with Crippen molar-refractivity contribution in [1.29, 1.82) is 0 Å². The predicted octanol–water partition coefficient (Wildman–Crippen LogP) is 0.936. The van der Waals surface area contributed by atoms with Gasteiger partial charge in [-0.2, -0.15) is 0 Å². The van der Waals surface area contributed by atoms with E-state index in [1.54, 1.807) is 12.1 Å². The normalized spacial score (nSPS) is 22.9. The number of nitrogens with two attached hydrogens (primary N) is 1. The molecule has 1 aliphatic heterocycles. The van der Waals surface area contributed by atoms with Crippen molar-refractivity contribution in [1.82, 2.24) is 9.80 Å². The van der Waals surface area contributed by atoms with Crippen molar-refractivity contribution in [3.63, 3.8) is 0 Å². The van der Waals surface area contributed by atoms with E-state index in [0.717, 1.165) is 18.5 Å². The van der Waals surface area contributed by atoms with E-state index in [1.165, 1.54) is 0 Å². The van der Waals surface area contributed by atoms with E-state index >= 15 is 0 Å². The summed E-state index contributed by atoms with van der Waals surface area (Å²) in [6.45, 7) is 2.20. The first-order valence-corrected chi connectivity index (χ1v) is 7.39. The van der Waals surface area contributed by atoms with Crippen molar-refractivity contribution in [3.05, 3.63) is 34.3 Å².